The van der Waals surface area contributed by atoms with Crippen molar-refractivity contribution in [3.63, 3.8) is 0 Å². The lowest BCUT2D eigenvalue weighted by atomic mass is 10.2. The number of fused-ring (bicyclic) bond motifs is 1. The highest BCUT2D eigenvalue weighted by atomic mass is 79.9. The van der Waals surface area contributed by atoms with E-state index in [1.165, 1.54) is 0 Å². The molecule has 0 spiro atoms. The van der Waals surface area contributed by atoms with E-state index in [1.54, 1.807) is 11.1 Å². The van der Waals surface area contributed by atoms with Crippen LogP contribution in [0.1, 0.15) is 6.42 Å². The highest BCUT2D eigenvalue weighted by Crippen LogP contribution is 2.29. The number of amides is 1. The predicted octanol–water partition coefficient (Wildman–Crippen LogP) is 2.06. The summed E-state index contributed by atoms with van der Waals surface area (Å²) in [5, 5.41) is 1.01. The molecule has 1 aliphatic heterocycles. The first-order valence-corrected chi connectivity index (χ1v) is 6.54. The molecule has 1 amide bonds. The monoisotopic (exact) mass is 305 g/mol. The minimum atomic E-state index is -0.0804. The zero-order valence-electron chi connectivity index (χ0n) is 9.64. The number of carbonyl (C=O) groups excluding carboxylic acids is 1. The van der Waals surface area contributed by atoms with Crippen LogP contribution in [-0.2, 0) is 4.79 Å². The third kappa shape index (κ3) is 1.89. The van der Waals surface area contributed by atoms with Crippen molar-refractivity contribution in [3.05, 3.63) is 34.9 Å². The first-order chi connectivity index (χ1) is 8.65. The summed E-state index contributed by atoms with van der Waals surface area (Å²) in [6.07, 6.45) is 2.15. The minimum absolute atomic E-state index is 0.0692. The summed E-state index contributed by atoms with van der Waals surface area (Å²) in [6.45, 7) is 0.565. The Morgan fingerprint density at radius 1 is 1.44 bits per heavy atom. The molecule has 1 unspecified atom stereocenters. The lowest BCUT2D eigenvalue weighted by Crippen LogP contribution is -2.28. The Morgan fingerprint density at radius 3 is 3.00 bits per heavy atom. The maximum atomic E-state index is 11.9. The molecule has 2 heterocycles. The quantitative estimate of drug-likeness (QED) is 0.877. The fourth-order valence-electron chi connectivity index (χ4n) is 2.30. The Balaban J connectivity index is 2.15. The van der Waals surface area contributed by atoms with Crippen molar-refractivity contribution < 1.29 is 4.79 Å². The Bertz CT molecular complexity index is 629. The minimum Gasteiger partial charge on any atom is -0.326 e. The molecule has 3 rings (SSSR count). The van der Waals surface area contributed by atoms with Crippen molar-refractivity contribution in [2.75, 3.05) is 11.4 Å². The number of anilines is 1. The SMILES string of the molecule is NC1CC(=O)N(c2cccc3cc(Br)cnc23)C1. The van der Waals surface area contributed by atoms with Crippen molar-refractivity contribution in [2.45, 2.75) is 12.5 Å². The molecule has 1 aromatic carbocycles. The molecule has 0 radical (unpaired) electrons. The smallest absolute Gasteiger partial charge is 0.228 e. The second kappa shape index (κ2) is 4.33. The van der Waals surface area contributed by atoms with E-state index in [9.17, 15) is 4.79 Å². The molecule has 2 N–H and O–H groups in total. The molecule has 1 saturated heterocycles. The molecule has 5 heteroatoms. The van der Waals surface area contributed by atoms with Gasteiger partial charge < -0.3 is 10.6 Å². The lowest BCUT2D eigenvalue weighted by Gasteiger charge is -2.17. The zero-order chi connectivity index (χ0) is 12.7. The number of hydrogen-bond donors (Lipinski definition) is 1. The topological polar surface area (TPSA) is 59.2 Å². The van der Waals surface area contributed by atoms with Crippen molar-refractivity contribution in [2.24, 2.45) is 5.73 Å². The number of aromatic nitrogens is 1. The van der Waals surface area contributed by atoms with Crippen LogP contribution in [-0.4, -0.2) is 23.5 Å². The normalized spacial score (nSPS) is 19.8. The van der Waals surface area contributed by atoms with E-state index in [2.05, 4.69) is 20.9 Å². The van der Waals surface area contributed by atoms with Gasteiger partial charge in [0.15, 0.2) is 0 Å². The number of halogens is 1. The van der Waals surface area contributed by atoms with Crippen molar-refractivity contribution in [1.82, 2.24) is 4.98 Å². The Hall–Kier alpha value is -1.46. The third-order valence-electron chi connectivity index (χ3n) is 3.10. The first kappa shape index (κ1) is 11.6. The molecule has 2 aromatic rings. The van der Waals surface area contributed by atoms with Gasteiger partial charge in [0.2, 0.25) is 5.91 Å². The van der Waals surface area contributed by atoms with Gasteiger partial charge in [-0.3, -0.25) is 9.78 Å². The summed E-state index contributed by atoms with van der Waals surface area (Å²) in [6, 6.07) is 7.74. The summed E-state index contributed by atoms with van der Waals surface area (Å²) >= 11 is 3.40. The number of nitrogens with two attached hydrogens (primary N) is 1. The van der Waals surface area contributed by atoms with Gasteiger partial charge in [-0.05, 0) is 28.1 Å². The predicted molar refractivity (Wildman–Crippen MR) is 74.4 cm³/mol. The van der Waals surface area contributed by atoms with E-state index >= 15 is 0 Å². The van der Waals surface area contributed by atoms with Gasteiger partial charge in [0, 0.05) is 35.1 Å². The van der Waals surface area contributed by atoms with E-state index in [0.29, 0.717) is 13.0 Å². The van der Waals surface area contributed by atoms with Gasteiger partial charge in [-0.1, -0.05) is 12.1 Å². The van der Waals surface area contributed by atoms with Crippen molar-refractivity contribution >= 4 is 38.4 Å². The van der Waals surface area contributed by atoms with Crippen LogP contribution in [0.4, 0.5) is 5.69 Å². The third-order valence-corrected chi connectivity index (χ3v) is 3.54. The van der Waals surface area contributed by atoms with Gasteiger partial charge in [0.25, 0.3) is 0 Å². The molecular weight excluding hydrogens is 294 g/mol. The average molecular weight is 306 g/mol. The number of pyridine rings is 1. The molecule has 0 bridgehead atoms. The number of hydrogen-bond acceptors (Lipinski definition) is 3. The van der Waals surface area contributed by atoms with Gasteiger partial charge >= 0.3 is 0 Å². The fraction of sp³-hybridized carbons (Fsp3) is 0.231. The average Bonchev–Trinajstić information content (AvgIpc) is 2.67. The van der Waals surface area contributed by atoms with Crippen LogP contribution in [0.3, 0.4) is 0 Å². The van der Waals surface area contributed by atoms with Crippen LogP contribution in [0.2, 0.25) is 0 Å². The van der Waals surface area contributed by atoms with Crippen molar-refractivity contribution in [1.29, 1.82) is 0 Å². The molecule has 0 aliphatic carbocycles. The van der Waals surface area contributed by atoms with Gasteiger partial charge in [-0.15, -0.1) is 0 Å². The number of rotatable bonds is 1. The number of nitrogens with zero attached hydrogens (tertiary/aromatic N) is 2. The van der Waals surface area contributed by atoms with E-state index in [-0.39, 0.29) is 11.9 Å². The molecule has 1 atom stereocenters. The molecule has 1 aliphatic rings. The van der Waals surface area contributed by atoms with Gasteiger partial charge in [0.05, 0.1) is 11.2 Å². The molecule has 1 aromatic heterocycles. The summed E-state index contributed by atoms with van der Waals surface area (Å²) in [4.78, 5) is 18.0. The van der Waals surface area contributed by atoms with Crippen LogP contribution in [0.5, 0.6) is 0 Å². The summed E-state index contributed by atoms with van der Waals surface area (Å²) < 4.78 is 0.927. The van der Waals surface area contributed by atoms with E-state index in [4.69, 9.17) is 5.73 Å². The molecule has 0 saturated carbocycles. The number of para-hydroxylation sites is 1. The standard InChI is InChI=1S/C13H12BrN3O/c14-9-4-8-2-1-3-11(13(8)16-6-9)17-7-10(15)5-12(17)18/h1-4,6,10H,5,7,15H2. The Labute approximate surface area is 113 Å². The van der Waals surface area contributed by atoms with Gasteiger partial charge in [-0.25, -0.2) is 0 Å². The van der Waals surface area contributed by atoms with E-state index in [0.717, 1.165) is 21.1 Å². The second-order valence-corrected chi connectivity index (χ2v) is 5.39. The molecule has 92 valence electrons. The molecule has 1 fully saturated rings. The first-order valence-electron chi connectivity index (χ1n) is 5.75. The number of carbonyl (C=O) groups is 1. The second-order valence-electron chi connectivity index (χ2n) is 4.47. The summed E-state index contributed by atoms with van der Waals surface area (Å²) in [5.41, 5.74) is 7.51. The van der Waals surface area contributed by atoms with Gasteiger partial charge in [-0.2, -0.15) is 0 Å². The van der Waals surface area contributed by atoms with Crippen LogP contribution >= 0.6 is 15.9 Å². The van der Waals surface area contributed by atoms with Crippen LogP contribution in [0, 0.1) is 0 Å². The highest BCUT2D eigenvalue weighted by molar-refractivity contribution is 9.10. The van der Waals surface area contributed by atoms with Crippen LogP contribution in [0.15, 0.2) is 34.9 Å². The van der Waals surface area contributed by atoms with Gasteiger partial charge in [0.1, 0.15) is 0 Å². The highest BCUT2D eigenvalue weighted by Gasteiger charge is 2.29. The van der Waals surface area contributed by atoms with Crippen LogP contribution < -0.4 is 10.6 Å². The lowest BCUT2D eigenvalue weighted by molar-refractivity contribution is -0.117. The van der Waals surface area contributed by atoms with Crippen molar-refractivity contribution in [3.8, 4) is 0 Å². The number of benzene rings is 1. The van der Waals surface area contributed by atoms with E-state index in [1.807, 2.05) is 24.3 Å². The Morgan fingerprint density at radius 2 is 2.28 bits per heavy atom. The maximum absolute atomic E-state index is 11.9. The van der Waals surface area contributed by atoms with Crippen LogP contribution in [0.25, 0.3) is 10.9 Å². The largest absolute Gasteiger partial charge is 0.326 e. The maximum Gasteiger partial charge on any atom is 0.228 e. The van der Waals surface area contributed by atoms with E-state index < -0.39 is 0 Å². The fourth-order valence-corrected chi connectivity index (χ4v) is 2.65. The molecule has 18 heavy (non-hydrogen) atoms. The zero-order valence-corrected chi connectivity index (χ0v) is 11.2. The summed E-state index contributed by atoms with van der Waals surface area (Å²) in [7, 11) is 0. The Kier molecular flexibility index (Phi) is 2.80. The molecular formula is C13H12BrN3O. The summed E-state index contributed by atoms with van der Waals surface area (Å²) in [5.74, 6) is 0.0692. The molecule has 4 nitrogen and oxygen atoms in total.